The van der Waals surface area contributed by atoms with Gasteiger partial charge in [0.05, 0.1) is 11.3 Å². The lowest BCUT2D eigenvalue weighted by Gasteiger charge is -2.03. The smallest absolute Gasteiger partial charge is 0.189 e. The normalized spacial score (nSPS) is 12.0. The Bertz CT molecular complexity index is 724. The highest BCUT2D eigenvalue weighted by Gasteiger charge is 2.09. The minimum absolute atomic E-state index is 0.00931. The average molecular weight is 322 g/mol. The first kappa shape index (κ1) is 17.9. The zero-order valence-corrected chi connectivity index (χ0v) is 14.8. The van der Waals surface area contributed by atoms with Gasteiger partial charge in [0.2, 0.25) is 0 Å². The van der Waals surface area contributed by atoms with E-state index < -0.39 is 0 Å². The topological polar surface area (TPSA) is 34.9 Å². The predicted molar refractivity (Wildman–Crippen MR) is 100.0 cm³/mol. The first-order chi connectivity index (χ1) is 11.6. The molecule has 24 heavy (non-hydrogen) atoms. The van der Waals surface area contributed by atoms with Crippen LogP contribution in [-0.2, 0) is 7.05 Å². The van der Waals surface area contributed by atoms with E-state index in [1.165, 1.54) is 24.0 Å². The third-order valence-electron chi connectivity index (χ3n) is 3.95. The number of ketones is 1. The molecule has 0 spiro atoms. The maximum Gasteiger partial charge on any atom is 0.189 e. The van der Waals surface area contributed by atoms with Gasteiger partial charge in [-0.3, -0.25) is 9.48 Å². The van der Waals surface area contributed by atoms with E-state index in [4.69, 9.17) is 0 Å². The molecule has 2 rings (SSSR count). The molecule has 0 unspecified atom stereocenters. The second kappa shape index (κ2) is 9.02. The fourth-order valence-electron chi connectivity index (χ4n) is 2.66. The van der Waals surface area contributed by atoms with Gasteiger partial charge in [0.1, 0.15) is 0 Å². The Morgan fingerprint density at radius 2 is 1.92 bits per heavy atom. The van der Waals surface area contributed by atoms with E-state index >= 15 is 0 Å². The molecule has 1 aromatic carbocycles. The van der Waals surface area contributed by atoms with Crippen LogP contribution in [0.25, 0.3) is 6.08 Å². The Balaban J connectivity index is 2.16. The lowest BCUT2D eigenvalue weighted by molar-refractivity contribution is 0.104. The molecule has 3 heteroatoms. The van der Waals surface area contributed by atoms with Gasteiger partial charge in [-0.2, -0.15) is 5.10 Å². The summed E-state index contributed by atoms with van der Waals surface area (Å²) in [5, 5.41) is 4.23. The first-order valence-electron chi connectivity index (χ1n) is 8.58. The highest BCUT2D eigenvalue weighted by molar-refractivity contribution is 6.05. The van der Waals surface area contributed by atoms with Crippen molar-refractivity contribution in [3.63, 3.8) is 0 Å². The molecule has 0 radical (unpaired) electrons. The van der Waals surface area contributed by atoms with Gasteiger partial charge in [0, 0.05) is 13.2 Å². The maximum atomic E-state index is 12.4. The largest absolute Gasteiger partial charge is 0.289 e. The van der Waals surface area contributed by atoms with Crippen molar-refractivity contribution >= 4 is 11.9 Å². The molecule has 0 amide bonds. The number of aromatic nitrogens is 2. The van der Waals surface area contributed by atoms with Gasteiger partial charge in [-0.05, 0) is 37.0 Å². The molecule has 0 aliphatic rings. The molecular formula is C21H26N2O. The van der Waals surface area contributed by atoms with E-state index in [0.717, 1.165) is 18.5 Å². The highest BCUT2D eigenvalue weighted by Crippen LogP contribution is 2.16. The molecule has 3 nitrogen and oxygen atoms in total. The van der Waals surface area contributed by atoms with Crippen LogP contribution in [0.1, 0.15) is 54.2 Å². The molecular weight excluding hydrogens is 296 g/mol. The molecule has 1 heterocycles. The van der Waals surface area contributed by atoms with E-state index in [1.807, 2.05) is 38.2 Å². The van der Waals surface area contributed by atoms with Crippen molar-refractivity contribution in [2.24, 2.45) is 7.05 Å². The van der Waals surface area contributed by atoms with Gasteiger partial charge in [0.25, 0.3) is 0 Å². The molecule has 0 N–H and O–H groups in total. The second-order valence-corrected chi connectivity index (χ2v) is 6.09. The number of hydrogen-bond acceptors (Lipinski definition) is 2. The number of unbranched alkanes of at least 4 members (excludes halogenated alkanes) is 2. The van der Waals surface area contributed by atoms with Crippen LogP contribution in [0.4, 0.5) is 0 Å². The molecule has 0 saturated carbocycles. The average Bonchev–Trinajstić information content (AvgIpc) is 2.92. The standard InChI is InChI=1S/C21H26N2O/c1-4-5-7-10-19(15-18-11-8-6-9-12-18)13-14-21(24)20-16-23(3)22-17(20)2/h6,8-9,11-16H,4-5,7,10H2,1-3H3/b14-13+,19-15-. The van der Waals surface area contributed by atoms with Gasteiger partial charge in [-0.25, -0.2) is 0 Å². The van der Waals surface area contributed by atoms with Gasteiger partial charge in [-0.1, -0.05) is 62.2 Å². The van der Waals surface area contributed by atoms with Crippen molar-refractivity contribution in [3.05, 3.63) is 71.1 Å². The number of aryl methyl sites for hydroxylation is 2. The Hall–Kier alpha value is -2.42. The van der Waals surface area contributed by atoms with Crippen LogP contribution in [0.3, 0.4) is 0 Å². The summed E-state index contributed by atoms with van der Waals surface area (Å²) in [6, 6.07) is 10.2. The molecule has 2 aromatic rings. The second-order valence-electron chi connectivity index (χ2n) is 6.09. The molecule has 0 saturated heterocycles. The quantitative estimate of drug-likeness (QED) is 0.292. The number of carbonyl (C=O) groups excluding carboxylic acids is 1. The van der Waals surface area contributed by atoms with Gasteiger partial charge in [-0.15, -0.1) is 0 Å². The lowest BCUT2D eigenvalue weighted by atomic mass is 10.0. The Morgan fingerprint density at radius 1 is 1.17 bits per heavy atom. The molecule has 126 valence electrons. The van der Waals surface area contributed by atoms with Crippen LogP contribution < -0.4 is 0 Å². The third-order valence-corrected chi connectivity index (χ3v) is 3.95. The summed E-state index contributed by atoms with van der Waals surface area (Å²) >= 11 is 0. The number of nitrogens with zero attached hydrogens (tertiary/aromatic N) is 2. The van der Waals surface area contributed by atoms with Crippen LogP contribution >= 0.6 is 0 Å². The monoisotopic (exact) mass is 322 g/mol. The van der Waals surface area contributed by atoms with Crippen molar-refractivity contribution in [1.82, 2.24) is 9.78 Å². The third kappa shape index (κ3) is 5.34. The number of benzene rings is 1. The molecule has 0 bridgehead atoms. The van der Waals surface area contributed by atoms with Crippen LogP contribution in [0, 0.1) is 6.92 Å². The van der Waals surface area contributed by atoms with Crippen molar-refractivity contribution in [2.75, 3.05) is 0 Å². The maximum absolute atomic E-state index is 12.4. The van der Waals surface area contributed by atoms with E-state index in [9.17, 15) is 4.79 Å². The van der Waals surface area contributed by atoms with Gasteiger partial charge in [0.15, 0.2) is 5.78 Å². The summed E-state index contributed by atoms with van der Waals surface area (Å²) in [6.07, 6.45) is 12.1. The van der Waals surface area contributed by atoms with Gasteiger partial charge < -0.3 is 0 Å². The summed E-state index contributed by atoms with van der Waals surface area (Å²) in [4.78, 5) is 12.4. The molecule has 0 atom stereocenters. The zero-order chi connectivity index (χ0) is 17.4. The van der Waals surface area contributed by atoms with Crippen molar-refractivity contribution in [3.8, 4) is 0 Å². The van der Waals surface area contributed by atoms with Crippen molar-refractivity contribution < 1.29 is 4.79 Å². The number of allylic oxidation sites excluding steroid dienone is 3. The number of rotatable bonds is 8. The van der Waals surface area contributed by atoms with Crippen LogP contribution in [-0.4, -0.2) is 15.6 Å². The Labute approximate surface area is 144 Å². The van der Waals surface area contributed by atoms with Gasteiger partial charge >= 0.3 is 0 Å². The Morgan fingerprint density at radius 3 is 2.54 bits per heavy atom. The molecule has 1 aromatic heterocycles. The number of carbonyl (C=O) groups is 1. The van der Waals surface area contributed by atoms with E-state index in [-0.39, 0.29) is 5.78 Å². The summed E-state index contributed by atoms with van der Waals surface area (Å²) in [6.45, 7) is 4.06. The first-order valence-corrected chi connectivity index (χ1v) is 8.58. The van der Waals surface area contributed by atoms with Crippen LogP contribution in [0.15, 0.2) is 54.3 Å². The van der Waals surface area contributed by atoms with Crippen LogP contribution in [0.5, 0.6) is 0 Å². The SMILES string of the molecule is CCCCCC(=C/c1ccccc1)/C=C/C(=O)c1cn(C)nc1C. The van der Waals surface area contributed by atoms with Crippen molar-refractivity contribution in [2.45, 2.75) is 39.5 Å². The fourth-order valence-corrected chi connectivity index (χ4v) is 2.66. The van der Waals surface area contributed by atoms with E-state index in [2.05, 4.69) is 30.2 Å². The molecule has 0 aliphatic carbocycles. The Kier molecular flexibility index (Phi) is 6.74. The summed E-state index contributed by atoms with van der Waals surface area (Å²) in [5.74, 6) is 0.00931. The zero-order valence-electron chi connectivity index (χ0n) is 14.8. The summed E-state index contributed by atoms with van der Waals surface area (Å²) in [5.41, 5.74) is 3.79. The highest BCUT2D eigenvalue weighted by atomic mass is 16.1. The summed E-state index contributed by atoms with van der Waals surface area (Å²) < 4.78 is 1.68. The summed E-state index contributed by atoms with van der Waals surface area (Å²) in [7, 11) is 1.83. The predicted octanol–water partition coefficient (Wildman–Crippen LogP) is 5.13. The number of hydrogen-bond donors (Lipinski definition) is 0. The molecule has 0 fully saturated rings. The van der Waals surface area contributed by atoms with E-state index in [0.29, 0.717) is 5.56 Å². The minimum atomic E-state index is 0.00931. The minimum Gasteiger partial charge on any atom is -0.289 e. The van der Waals surface area contributed by atoms with Crippen LogP contribution in [0.2, 0.25) is 0 Å². The van der Waals surface area contributed by atoms with Crippen molar-refractivity contribution in [1.29, 1.82) is 0 Å². The lowest BCUT2D eigenvalue weighted by Crippen LogP contribution is -1.95. The fraction of sp³-hybridized carbons (Fsp3) is 0.333. The molecule has 0 aliphatic heterocycles. The van der Waals surface area contributed by atoms with E-state index in [1.54, 1.807) is 17.0 Å².